The predicted molar refractivity (Wildman–Crippen MR) is 118 cm³/mol. The van der Waals surface area contributed by atoms with Crippen molar-refractivity contribution in [1.82, 2.24) is 24.9 Å². The highest BCUT2D eigenvalue weighted by Gasteiger charge is 2.33. The minimum atomic E-state index is -0.553. The number of carbonyl (C=O) groups is 1. The molecule has 7 heteroatoms. The number of nitrogens with zero attached hydrogens (tertiary/aromatic N) is 4. The normalized spacial score (nSPS) is 25.0. The van der Waals surface area contributed by atoms with Gasteiger partial charge in [0.2, 0.25) is 0 Å². The van der Waals surface area contributed by atoms with Crippen molar-refractivity contribution < 1.29 is 9.90 Å². The van der Waals surface area contributed by atoms with Gasteiger partial charge in [-0.3, -0.25) is 9.48 Å². The molecule has 30 heavy (non-hydrogen) atoms. The Bertz CT molecular complexity index is 740. The van der Waals surface area contributed by atoms with Gasteiger partial charge in [0.1, 0.15) is 0 Å². The van der Waals surface area contributed by atoms with Crippen LogP contribution in [0.4, 0.5) is 0 Å². The van der Waals surface area contributed by atoms with Crippen LogP contribution in [0.2, 0.25) is 0 Å². The number of nitrogens with one attached hydrogen (secondary N) is 1. The van der Waals surface area contributed by atoms with Crippen LogP contribution in [0, 0.1) is 0 Å². The molecule has 2 heterocycles. The Morgan fingerprint density at radius 2 is 1.97 bits per heavy atom. The van der Waals surface area contributed by atoms with Crippen molar-refractivity contribution in [2.45, 2.75) is 82.9 Å². The van der Waals surface area contributed by atoms with E-state index in [4.69, 9.17) is 5.10 Å². The fourth-order valence-electron chi connectivity index (χ4n) is 5.42. The second kappa shape index (κ2) is 9.37. The van der Waals surface area contributed by atoms with Gasteiger partial charge in [-0.15, -0.1) is 0 Å². The van der Waals surface area contributed by atoms with Gasteiger partial charge < -0.3 is 20.2 Å². The molecule has 0 unspecified atom stereocenters. The van der Waals surface area contributed by atoms with Crippen molar-refractivity contribution in [2.75, 3.05) is 39.8 Å². The van der Waals surface area contributed by atoms with Crippen LogP contribution >= 0.6 is 0 Å². The standard InChI is InChI=1S/C23H39N5O2/c1-3-28-20-9-8-18(24-17-23(30)10-5-4-6-11-23)16-19(20)21(25-28)22(29)27-13-7-12-26(2)14-15-27/h18,24,30H,3-17H2,1-2H3/t18-/m1/s1. The van der Waals surface area contributed by atoms with E-state index in [1.165, 1.54) is 12.1 Å². The van der Waals surface area contributed by atoms with Crippen molar-refractivity contribution in [3.05, 3.63) is 17.0 Å². The minimum Gasteiger partial charge on any atom is -0.389 e. The number of rotatable bonds is 5. The summed E-state index contributed by atoms with van der Waals surface area (Å²) in [6, 6.07) is 0.305. The zero-order valence-electron chi connectivity index (χ0n) is 18.8. The molecule has 3 aliphatic rings. The fraction of sp³-hybridized carbons (Fsp3) is 0.826. The Labute approximate surface area is 180 Å². The summed E-state index contributed by atoms with van der Waals surface area (Å²) in [7, 11) is 2.12. The third kappa shape index (κ3) is 4.73. The van der Waals surface area contributed by atoms with Crippen molar-refractivity contribution in [2.24, 2.45) is 0 Å². The fourth-order valence-corrected chi connectivity index (χ4v) is 5.42. The van der Waals surface area contributed by atoms with E-state index in [1.54, 1.807) is 0 Å². The molecule has 168 valence electrons. The van der Waals surface area contributed by atoms with Gasteiger partial charge in [0, 0.05) is 50.0 Å². The lowest BCUT2D eigenvalue weighted by molar-refractivity contribution is 0.00227. The number of carbonyl (C=O) groups excluding carboxylic acids is 1. The number of amides is 1. The van der Waals surface area contributed by atoms with E-state index in [2.05, 4.69) is 24.2 Å². The van der Waals surface area contributed by atoms with Crippen LogP contribution < -0.4 is 5.32 Å². The molecule has 1 aromatic heterocycles. The molecule has 1 amide bonds. The van der Waals surface area contributed by atoms with Gasteiger partial charge in [-0.05, 0) is 59.0 Å². The number of aromatic nitrogens is 2. The zero-order valence-corrected chi connectivity index (χ0v) is 18.8. The third-order valence-corrected chi connectivity index (χ3v) is 7.36. The molecule has 0 bridgehead atoms. The van der Waals surface area contributed by atoms with Crippen LogP contribution in [0.3, 0.4) is 0 Å². The lowest BCUT2D eigenvalue weighted by Gasteiger charge is -2.35. The van der Waals surface area contributed by atoms with Crippen LogP contribution in [0.5, 0.6) is 0 Å². The maximum atomic E-state index is 13.4. The van der Waals surface area contributed by atoms with Crippen molar-refractivity contribution >= 4 is 5.91 Å². The van der Waals surface area contributed by atoms with E-state index in [0.29, 0.717) is 18.3 Å². The summed E-state index contributed by atoms with van der Waals surface area (Å²) in [5.74, 6) is 0.0975. The topological polar surface area (TPSA) is 73.6 Å². The van der Waals surface area contributed by atoms with Gasteiger partial charge >= 0.3 is 0 Å². The summed E-state index contributed by atoms with van der Waals surface area (Å²) in [4.78, 5) is 17.7. The molecule has 2 fully saturated rings. The highest BCUT2D eigenvalue weighted by Crippen LogP contribution is 2.29. The first-order chi connectivity index (χ1) is 14.5. The van der Waals surface area contributed by atoms with Crippen LogP contribution in [0.15, 0.2) is 0 Å². The Balaban J connectivity index is 1.47. The van der Waals surface area contributed by atoms with Gasteiger partial charge in [-0.2, -0.15) is 5.10 Å². The summed E-state index contributed by atoms with van der Waals surface area (Å²) in [5.41, 5.74) is 2.49. The van der Waals surface area contributed by atoms with Crippen molar-refractivity contribution in [3.63, 3.8) is 0 Å². The molecule has 1 aliphatic heterocycles. The van der Waals surface area contributed by atoms with Crippen LogP contribution in [-0.2, 0) is 19.4 Å². The molecular weight excluding hydrogens is 378 g/mol. The van der Waals surface area contributed by atoms with Crippen LogP contribution in [0.25, 0.3) is 0 Å². The highest BCUT2D eigenvalue weighted by atomic mass is 16.3. The van der Waals surface area contributed by atoms with Gasteiger partial charge in [0.15, 0.2) is 5.69 Å². The molecular formula is C23H39N5O2. The summed E-state index contributed by atoms with van der Waals surface area (Å²) in [6.07, 6.45) is 9.13. The maximum Gasteiger partial charge on any atom is 0.274 e. The second-order valence-electron chi connectivity index (χ2n) is 9.64. The smallest absolute Gasteiger partial charge is 0.274 e. The first kappa shape index (κ1) is 21.8. The van der Waals surface area contributed by atoms with Crippen LogP contribution in [-0.4, -0.2) is 82.0 Å². The summed E-state index contributed by atoms with van der Waals surface area (Å²) >= 11 is 0. The minimum absolute atomic E-state index is 0.0975. The van der Waals surface area contributed by atoms with E-state index >= 15 is 0 Å². The molecule has 2 aliphatic carbocycles. The van der Waals surface area contributed by atoms with Gasteiger partial charge in [0.05, 0.1) is 5.60 Å². The predicted octanol–water partition coefficient (Wildman–Crippen LogP) is 1.82. The number of aryl methyl sites for hydroxylation is 1. The van der Waals surface area contributed by atoms with E-state index in [-0.39, 0.29) is 5.91 Å². The van der Waals surface area contributed by atoms with E-state index in [9.17, 15) is 9.90 Å². The van der Waals surface area contributed by atoms with Gasteiger partial charge in [-0.25, -0.2) is 0 Å². The molecule has 2 N–H and O–H groups in total. The maximum absolute atomic E-state index is 13.4. The molecule has 0 spiro atoms. The molecule has 1 saturated heterocycles. The second-order valence-corrected chi connectivity index (χ2v) is 9.64. The molecule has 7 nitrogen and oxygen atoms in total. The molecule has 1 aromatic rings. The van der Waals surface area contributed by atoms with E-state index in [1.807, 2.05) is 9.58 Å². The highest BCUT2D eigenvalue weighted by molar-refractivity contribution is 5.94. The molecule has 1 atom stereocenters. The number of fused-ring (bicyclic) bond motifs is 1. The quantitative estimate of drug-likeness (QED) is 0.765. The van der Waals surface area contributed by atoms with Crippen molar-refractivity contribution in [3.8, 4) is 0 Å². The number of likely N-dealkylation sites (N-methyl/N-ethyl adjacent to an activating group) is 1. The van der Waals surface area contributed by atoms with E-state index in [0.717, 1.165) is 89.7 Å². The van der Waals surface area contributed by atoms with Gasteiger partial charge in [0.25, 0.3) is 5.91 Å². The monoisotopic (exact) mass is 417 g/mol. The average Bonchev–Trinajstić information content (AvgIpc) is 2.98. The Hall–Kier alpha value is -1.44. The molecule has 0 radical (unpaired) electrons. The summed E-state index contributed by atoms with van der Waals surface area (Å²) < 4.78 is 2.04. The Morgan fingerprint density at radius 3 is 2.73 bits per heavy atom. The summed E-state index contributed by atoms with van der Waals surface area (Å²) in [6.45, 7) is 7.12. The first-order valence-corrected chi connectivity index (χ1v) is 12.0. The van der Waals surface area contributed by atoms with Crippen molar-refractivity contribution in [1.29, 1.82) is 0 Å². The number of hydrogen-bond donors (Lipinski definition) is 2. The SMILES string of the molecule is CCn1nc(C(=O)N2CCCN(C)CC2)c2c1CC[C@@H](NCC1(O)CCCCC1)C2. The third-order valence-electron chi connectivity index (χ3n) is 7.36. The molecule has 1 saturated carbocycles. The Kier molecular flexibility index (Phi) is 6.80. The largest absolute Gasteiger partial charge is 0.389 e. The Morgan fingerprint density at radius 1 is 1.17 bits per heavy atom. The van der Waals surface area contributed by atoms with Gasteiger partial charge in [-0.1, -0.05) is 19.3 Å². The lowest BCUT2D eigenvalue weighted by Crippen LogP contribution is -2.47. The van der Waals surface area contributed by atoms with E-state index < -0.39 is 5.60 Å². The zero-order chi connectivity index (χ0) is 21.1. The molecule has 4 rings (SSSR count). The first-order valence-electron chi connectivity index (χ1n) is 12.0. The lowest BCUT2D eigenvalue weighted by atomic mass is 9.84. The molecule has 0 aromatic carbocycles. The number of hydrogen-bond acceptors (Lipinski definition) is 5. The number of aliphatic hydroxyl groups is 1. The average molecular weight is 418 g/mol. The van der Waals surface area contributed by atoms with Crippen LogP contribution in [0.1, 0.15) is 73.6 Å². The summed E-state index contributed by atoms with van der Waals surface area (Å²) in [5, 5.41) is 19.3.